The molecular weight excluding hydrogens is 453 g/mol. The van der Waals surface area contributed by atoms with Gasteiger partial charge in [-0.15, -0.1) is 23.5 Å². The Morgan fingerprint density at radius 2 is 1.80 bits per heavy atom. The minimum Gasteiger partial charge on any atom is -0.302 e. The van der Waals surface area contributed by atoms with Crippen molar-refractivity contribution < 1.29 is 0 Å². The predicted molar refractivity (Wildman–Crippen MR) is 128 cm³/mol. The summed E-state index contributed by atoms with van der Waals surface area (Å²) >= 11 is 6.52. The lowest BCUT2D eigenvalue weighted by Gasteiger charge is -2.22. The maximum Gasteiger partial charge on any atom is 0.138 e. The molecule has 0 saturated carbocycles. The maximum absolute atomic E-state index is 4.68. The number of unbranched alkanes of at least 4 members (excludes halogenated alkanes) is 1. The molecule has 2 aromatic heterocycles. The van der Waals surface area contributed by atoms with Crippen LogP contribution < -0.4 is 0 Å². The van der Waals surface area contributed by atoms with Crippen molar-refractivity contribution in [3.8, 4) is 0 Å². The maximum atomic E-state index is 4.68. The SMILES string of the molecule is CN1CCC=C(c2nsnc2SCCCCSc2nsnc2C2CN3CCC2C3)C1. The van der Waals surface area contributed by atoms with E-state index >= 15 is 0 Å². The van der Waals surface area contributed by atoms with Crippen molar-refractivity contribution in [2.45, 2.75) is 41.7 Å². The lowest BCUT2D eigenvalue weighted by molar-refractivity contribution is 0.342. The summed E-state index contributed by atoms with van der Waals surface area (Å²) in [7, 11) is 2.18. The first-order valence-corrected chi connectivity index (χ1v) is 14.2. The van der Waals surface area contributed by atoms with E-state index in [1.54, 1.807) is 0 Å². The molecule has 3 aliphatic rings. The van der Waals surface area contributed by atoms with Crippen molar-refractivity contribution >= 4 is 52.6 Å². The average molecular weight is 481 g/mol. The topological polar surface area (TPSA) is 58.0 Å². The van der Waals surface area contributed by atoms with Gasteiger partial charge in [-0.3, -0.25) is 0 Å². The highest BCUT2D eigenvalue weighted by molar-refractivity contribution is 7.99. The van der Waals surface area contributed by atoms with Gasteiger partial charge in [-0.2, -0.15) is 17.5 Å². The van der Waals surface area contributed by atoms with Gasteiger partial charge >= 0.3 is 0 Å². The molecule has 5 heterocycles. The summed E-state index contributed by atoms with van der Waals surface area (Å²) < 4.78 is 18.4. The molecule has 10 heteroatoms. The smallest absolute Gasteiger partial charge is 0.138 e. The molecule has 2 fully saturated rings. The summed E-state index contributed by atoms with van der Waals surface area (Å²) in [6.45, 7) is 5.86. The van der Waals surface area contributed by atoms with Gasteiger partial charge in [-0.1, -0.05) is 6.08 Å². The minimum absolute atomic E-state index is 0.624. The average Bonchev–Trinajstić information content (AvgIpc) is 3.55. The van der Waals surface area contributed by atoms with Crippen LogP contribution in [0.5, 0.6) is 0 Å². The third kappa shape index (κ3) is 4.78. The number of thioether (sulfide) groups is 2. The van der Waals surface area contributed by atoms with E-state index in [1.165, 1.54) is 78.6 Å². The highest BCUT2D eigenvalue weighted by atomic mass is 32.2. The quantitative estimate of drug-likeness (QED) is 0.391. The number of piperidine rings is 1. The molecule has 0 amide bonds. The Kier molecular flexibility index (Phi) is 7.08. The van der Waals surface area contributed by atoms with Gasteiger partial charge in [0.05, 0.1) is 29.2 Å². The van der Waals surface area contributed by atoms with Crippen LogP contribution in [0.3, 0.4) is 0 Å². The number of likely N-dealkylation sites (N-methyl/N-ethyl adjacent to an activating group) is 1. The molecule has 3 atom stereocenters. The van der Waals surface area contributed by atoms with Crippen LogP contribution in [-0.2, 0) is 0 Å². The van der Waals surface area contributed by atoms with Crippen LogP contribution in [0.25, 0.3) is 5.57 Å². The first-order chi connectivity index (χ1) is 14.8. The zero-order valence-corrected chi connectivity index (χ0v) is 20.6. The molecule has 2 aromatic rings. The zero-order chi connectivity index (χ0) is 20.3. The molecule has 0 radical (unpaired) electrons. The summed E-state index contributed by atoms with van der Waals surface area (Å²) in [5.41, 5.74) is 3.75. The van der Waals surface area contributed by atoms with Crippen molar-refractivity contribution in [2.24, 2.45) is 5.92 Å². The fourth-order valence-electron chi connectivity index (χ4n) is 4.69. The normalized spacial score (nSPS) is 26.4. The lowest BCUT2D eigenvalue weighted by atomic mass is 9.90. The van der Waals surface area contributed by atoms with Crippen LogP contribution in [0, 0.1) is 5.92 Å². The predicted octanol–water partition coefficient (Wildman–Crippen LogP) is 4.19. The molecule has 6 nitrogen and oxygen atoms in total. The van der Waals surface area contributed by atoms with Crippen molar-refractivity contribution in [3.63, 3.8) is 0 Å². The van der Waals surface area contributed by atoms with Crippen LogP contribution in [0.1, 0.15) is 43.0 Å². The van der Waals surface area contributed by atoms with Crippen LogP contribution in [0.15, 0.2) is 16.1 Å². The van der Waals surface area contributed by atoms with Crippen molar-refractivity contribution in [3.05, 3.63) is 17.5 Å². The van der Waals surface area contributed by atoms with E-state index in [4.69, 9.17) is 0 Å². The molecule has 162 valence electrons. The second kappa shape index (κ2) is 9.95. The molecule has 0 spiro atoms. The van der Waals surface area contributed by atoms with E-state index in [-0.39, 0.29) is 0 Å². The van der Waals surface area contributed by atoms with Crippen molar-refractivity contribution in [1.82, 2.24) is 27.3 Å². The number of rotatable bonds is 9. The van der Waals surface area contributed by atoms with E-state index in [9.17, 15) is 0 Å². The number of nitrogens with zero attached hydrogens (tertiary/aromatic N) is 6. The number of fused-ring (bicyclic) bond motifs is 2. The van der Waals surface area contributed by atoms with Gasteiger partial charge < -0.3 is 9.80 Å². The first kappa shape index (κ1) is 21.3. The van der Waals surface area contributed by atoms with Crippen LogP contribution in [-0.4, -0.2) is 78.6 Å². The largest absolute Gasteiger partial charge is 0.302 e. The van der Waals surface area contributed by atoms with Crippen molar-refractivity contribution in [2.75, 3.05) is 51.3 Å². The van der Waals surface area contributed by atoms with Crippen LogP contribution in [0.4, 0.5) is 0 Å². The number of aromatic nitrogens is 4. The van der Waals surface area contributed by atoms with E-state index in [0.717, 1.165) is 47.7 Å². The molecular formula is C20H28N6S4. The van der Waals surface area contributed by atoms with Gasteiger partial charge in [-0.05, 0) is 62.3 Å². The van der Waals surface area contributed by atoms with Gasteiger partial charge in [0.1, 0.15) is 15.7 Å². The second-order valence-corrected chi connectivity index (χ2v) is 11.7. The van der Waals surface area contributed by atoms with Gasteiger partial charge in [0, 0.05) is 32.1 Å². The zero-order valence-electron chi connectivity index (χ0n) is 17.3. The molecule has 3 aliphatic heterocycles. The summed E-state index contributed by atoms with van der Waals surface area (Å²) in [6.07, 6.45) is 7.18. The Balaban J connectivity index is 1.06. The van der Waals surface area contributed by atoms with Crippen LogP contribution in [0.2, 0.25) is 0 Å². The molecule has 2 bridgehead atoms. The molecule has 0 aliphatic carbocycles. The Hall–Kier alpha value is -0.520. The fourth-order valence-corrected chi connectivity index (χ4v) is 8.17. The highest BCUT2D eigenvalue weighted by Crippen LogP contribution is 2.42. The number of hydrogen-bond donors (Lipinski definition) is 0. The van der Waals surface area contributed by atoms with E-state index < -0.39 is 0 Å². The van der Waals surface area contributed by atoms with Gasteiger partial charge in [0.15, 0.2) is 0 Å². The Morgan fingerprint density at radius 1 is 1.00 bits per heavy atom. The van der Waals surface area contributed by atoms with Gasteiger partial charge in [-0.25, -0.2) is 0 Å². The molecule has 0 N–H and O–H groups in total. The van der Waals surface area contributed by atoms with E-state index in [0.29, 0.717) is 5.92 Å². The highest BCUT2D eigenvalue weighted by Gasteiger charge is 2.41. The monoisotopic (exact) mass is 480 g/mol. The molecule has 2 saturated heterocycles. The summed E-state index contributed by atoms with van der Waals surface area (Å²) in [5.74, 6) is 3.66. The van der Waals surface area contributed by atoms with E-state index in [2.05, 4.69) is 40.4 Å². The van der Waals surface area contributed by atoms with Crippen LogP contribution >= 0.6 is 47.0 Å². The summed E-state index contributed by atoms with van der Waals surface area (Å²) in [5, 5.41) is 2.32. The summed E-state index contributed by atoms with van der Waals surface area (Å²) in [6, 6.07) is 0. The minimum atomic E-state index is 0.624. The summed E-state index contributed by atoms with van der Waals surface area (Å²) in [4.78, 5) is 4.94. The molecule has 30 heavy (non-hydrogen) atoms. The van der Waals surface area contributed by atoms with E-state index in [1.807, 2.05) is 23.5 Å². The standard InChI is InChI=1S/C20H28N6S4/c1-25-7-4-5-15(11-25)17-19(23-29-21-17)27-9-2-3-10-28-20-18(22-30-24-20)16-13-26-8-6-14(16)12-26/h5,14,16H,2-4,6-13H2,1H3. The Labute approximate surface area is 195 Å². The molecule has 5 rings (SSSR count). The Morgan fingerprint density at radius 3 is 2.57 bits per heavy atom. The third-order valence-electron chi connectivity index (χ3n) is 6.29. The Bertz CT molecular complexity index is 880. The lowest BCUT2D eigenvalue weighted by Crippen LogP contribution is -2.25. The number of hydrogen-bond acceptors (Lipinski definition) is 10. The molecule has 0 aromatic carbocycles. The van der Waals surface area contributed by atoms with Gasteiger partial charge in [0.25, 0.3) is 0 Å². The second-order valence-electron chi connectivity index (χ2n) is 8.45. The molecule has 3 unspecified atom stereocenters. The third-order valence-corrected chi connectivity index (χ3v) is 9.71. The van der Waals surface area contributed by atoms with Gasteiger partial charge in [0.2, 0.25) is 0 Å². The fraction of sp³-hybridized carbons (Fsp3) is 0.700. The van der Waals surface area contributed by atoms with Crippen molar-refractivity contribution in [1.29, 1.82) is 0 Å². The first-order valence-electron chi connectivity index (χ1n) is 10.8.